The van der Waals surface area contributed by atoms with Crippen LogP contribution in [0.2, 0.25) is 0 Å². The molecule has 1 aromatic carbocycles. The molecule has 28 heavy (non-hydrogen) atoms. The number of piperazine rings is 1. The minimum absolute atomic E-state index is 0.214. The molecule has 0 bridgehead atoms. The highest BCUT2D eigenvalue weighted by Crippen LogP contribution is 2.30. The number of hydrogen-bond acceptors (Lipinski definition) is 5. The summed E-state index contributed by atoms with van der Waals surface area (Å²) in [4.78, 5) is 12.3. The van der Waals surface area contributed by atoms with E-state index in [0.29, 0.717) is 11.0 Å². The number of benzene rings is 1. The number of aromatic nitrogens is 1. The molecule has 3 rings (SSSR count). The van der Waals surface area contributed by atoms with Gasteiger partial charge >= 0.3 is 6.18 Å². The molecule has 1 aliphatic rings. The SMILES string of the molecule is CN=C(NCc1nc(C(F)(F)F)cs1)N1CCN(c2ccc(OC)cc2)CC1. The van der Waals surface area contributed by atoms with Gasteiger partial charge in [-0.1, -0.05) is 0 Å². The predicted molar refractivity (Wildman–Crippen MR) is 104 cm³/mol. The third-order valence-electron chi connectivity index (χ3n) is 4.47. The standard InChI is InChI=1S/C18H22F3N5OS/c1-22-17(23-11-16-24-15(12-28-16)18(19,20)21)26-9-7-25(8-10-26)13-3-5-14(27-2)6-4-13/h3-6,12H,7-11H2,1-2H3,(H,22,23). The van der Waals surface area contributed by atoms with Crippen LogP contribution >= 0.6 is 11.3 Å². The summed E-state index contributed by atoms with van der Waals surface area (Å²) in [5.41, 5.74) is 0.281. The first-order valence-electron chi connectivity index (χ1n) is 8.77. The molecule has 10 heteroatoms. The molecule has 0 aliphatic carbocycles. The first-order valence-corrected chi connectivity index (χ1v) is 9.65. The third-order valence-corrected chi connectivity index (χ3v) is 5.32. The highest BCUT2D eigenvalue weighted by molar-refractivity contribution is 7.09. The fourth-order valence-electron chi connectivity index (χ4n) is 2.98. The minimum Gasteiger partial charge on any atom is -0.497 e. The molecule has 1 aromatic heterocycles. The average Bonchev–Trinajstić information content (AvgIpc) is 3.19. The highest BCUT2D eigenvalue weighted by atomic mass is 32.1. The van der Waals surface area contributed by atoms with Gasteiger partial charge in [0.15, 0.2) is 11.7 Å². The second-order valence-corrected chi connectivity index (χ2v) is 7.14. The summed E-state index contributed by atoms with van der Waals surface area (Å²) in [6.45, 7) is 3.38. The molecule has 1 N–H and O–H groups in total. The van der Waals surface area contributed by atoms with E-state index < -0.39 is 11.9 Å². The quantitative estimate of drug-likeness (QED) is 0.617. The van der Waals surface area contributed by atoms with Crippen LogP contribution in [0.4, 0.5) is 18.9 Å². The number of thiazole rings is 1. The largest absolute Gasteiger partial charge is 0.497 e. The number of ether oxygens (including phenoxy) is 1. The first-order chi connectivity index (χ1) is 13.4. The van der Waals surface area contributed by atoms with Gasteiger partial charge in [0.05, 0.1) is 13.7 Å². The van der Waals surface area contributed by atoms with Crippen molar-refractivity contribution in [3.8, 4) is 5.75 Å². The van der Waals surface area contributed by atoms with Gasteiger partial charge in [-0.2, -0.15) is 13.2 Å². The summed E-state index contributed by atoms with van der Waals surface area (Å²) in [5, 5.41) is 4.53. The number of halogens is 3. The molecule has 2 heterocycles. The lowest BCUT2D eigenvalue weighted by atomic mass is 10.2. The normalized spacial score (nSPS) is 15.7. The Morgan fingerprint density at radius 3 is 2.43 bits per heavy atom. The minimum atomic E-state index is -4.41. The van der Waals surface area contributed by atoms with E-state index in [4.69, 9.17) is 4.74 Å². The fraction of sp³-hybridized carbons (Fsp3) is 0.444. The molecule has 6 nitrogen and oxygen atoms in total. The van der Waals surface area contributed by atoms with Gasteiger partial charge in [0.1, 0.15) is 10.8 Å². The van der Waals surface area contributed by atoms with Gasteiger partial charge in [-0.3, -0.25) is 4.99 Å². The van der Waals surface area contributed by atoms with Crippen LogP contribution in [-0.2, 0) is 12.7 Å². The van der Waals surface area contributed by atoms with Crippen LogP contribution in [0.3, 0.4) is 0 Å². The topological polar surface area (TPSA) is 53.0 Å². The number of hydrogen-bond donors (Lipinski definition) is 1. The summed E-state index contributed by atoms with van der Waals surface area (Å²) in [6, 6.07) is 7.93. The number of nitrogens with one attached hydrogen (secondary N) is 1. The Hall–Kier alpha value is -2.49. The van der Waals surface area contributed by atoms with Crippen LogP contribution in [0, 0.1) is 0 Å². The third kappa shape index (κ3) is 4.86. The number of nitrogens with zero attached hydrogens (tertiary/aromatic N) is 4. The zero-order valence-corrected chi connectivity index (χ0v) is 16.5. The Morgan fingerprint density at radius 2 is 1.89 bits per heavy atom. The van der Waals surface area contributed by atoms with Crippen LogP contribution in [-0.4, -0.2) is 56.2 Å². The fourth-order valence-corrected chi connectivity index (χ4v) is 3.72. The molecule has 1 fully saturated rings. The van der Waals surface area contributed by atoms with Crippen LogP contribution in [0.5, 0.6) is 5.75 Å². The Morgan fingerprint density at radius 1 is 1.21 bits per heavy atom. The van der Waals surface area contributed by atoms with Gasteiger partial charge in [0.2, 0.25) is 0 Å². The molecule has 152 valence electrons. The molecule has 0 unspecified atom stereocenters. The summed E-state index contributed by atoms with van der Waals surface area (Å²) in [7, 11) is 3.31. The molecular weight excluding hydrogens is 391 g/mol. The van der Waals surface area contributed by atoms with Crippen LogP contribution in [0.15, 0.2) is 34.6 Å². The molecule has 0 amide bonds. The second-order valence-electron chi connectivity index (χ2n) is 6.20. The van der Waals surface area contributed by atoms with Crippen LogP contribution < -0.4 is 15.0 Å². The average molecular weight is 413 g/mol. The monoisotopic (exact) mass is 413 g/mol. The van der Waals surface area contributed by atoms with Crippen molar-refractivity contribution >= 4 is 23.0 Å². The van der Waals surface area contributed by atoms with Crippen molar-refractivity contribution in [3.63, 3.8) is 0 Å². The lowest BCUT2D eigenvalue weighted by Gasteiger charge is -2.37. The van der Waals surface area contributed by atoms with Crippen molar-refractivity contribution < 1.29 is 17.9 Å². The molecule has 0 saturated carbocycles. The molecule has 0 spiro atoms. The number of aliphatic imine (C=N–C) groups is 1. The second kappa shape index (κ2) is 8.68. The summed E-state index contributed by atoms with van der Waals surface area (Å²) in [6.07, 6.45) is -4.41. The van der Waals surface area contributed by atoms with Gasteiger partial charge in [0, 0.05) is 44.3 Å². The maximum Gasteiger partial charge on any atom is 0.434 e. The van der Waals surface area contributed by atoms with Gasteiger partial charge in [-0.25, -0.2) is 4.98 Å². The van der Waals surface area contributed by atoms with E-state index in [9.17, 15) is 13.2 Å². The van der Waals surface area contributed by atoms with E-state index in [0.717, 1.165) is 54.3 Å². The number of alkyl halides is 3. The van der Waals surface area contributed by atoms with E-state index in [1.54, 1.807) is 14.2 Å². The van der Waals surface area contributed by atoms with Crippen molar-refractivity contribution in [2.45, 2.75) is 12.7 Å². The van der Waals surface area contributed by atoms with Crippen molar-refractivity contribution in [1.29, 1.82) is 0 Å². The van der Waals surface area contributed by atoms with E-state index in [-0.39, 0.29) is 6.54 Å². The Balaban J connectivity index is 1.52. The lowest BCUT2D eigenvalue weighted by molar-refractivity contribution is -0.140. The number of anilines is 1. The molecular formula is C18H22F3N5OS. The zero-order chi connectivity index (χ0) is 20.1. The van der Waals surface area contributed by atoms with Crippen molar-refractivity contribution in [2.24, 2.45) is 4.99 Å². The number of guanidine groups is 1. The molecule has 1 aliphatic heterocycles. The maximum atomic E-state index is 12.7. The van der Waals surface area contributed by atoms with Crippen LogP contribution in [0.25, 0.3) is 0 Å². The predicted octanol–water partition coefficient (Wildman–Crippen LogP) is 3.07. The van der Waals surface area contributed by atoms with E-state index in [2.05, 4.69) is 25.1 Å². The molecule has 2 aromatic rings. The van der Waals surface area contributed by atoms with Gasteiger partial charge in [0.25, 0.3) is 0 Å². The number of methoxy groups -OCH3 is 1. The number of rotatable bonds is 4. The van der Waals surface area contributed by atoms with E-state index in [1.165, 1.54) is 0 Å². The van der Waals surface area contributed by atoms with E-state index >= 15 is 0 Å². The zero-order valence-electron chi connectivity index (χ0n) is 15.7. The Kier molecular flexibility index (Phi) is 6.28. The molecule has 1 saturated heterocycles. The van der Waals surface area contributed by atoms with Crippen LogP contribution in [0.1, 0.15) is 10.7 Å². The van der Waals surface area contributed by atoms with E-state index in [1.807, 2.05) is 24.3 Å². The van der Waals surface area contributed by atoms with Gasteiger partial charge in [-0.15, -0.1) is 11.3 Å². The van der Waals surface area contributed by atoms with Crippen molar-refractivity contribution in [2.75, 3.05) is 45.2 Å². The van der Waals surface area contributed by atoms with Crippen molar-refractivity contribution in [1.82, 2.24) is 15.2 Å². The highest BCUT2D eigenvalue weighted by Gasteiger charge is 2.33. The summed E-state index contributed by atoms with van der Waals surface area (Å²) < 4.78 is 43.2. The van der Waals surface area contributed by atoms with Gasteiger partial charge < -0.3 is 19.9 Å². The Bertz CT molecular complexity index is 798. The van der Waals surface area contributed by atoms with Crippen molar-refractivity contribution in [3.05, 3.63) is 40.3 Å². The summed E-state index contributed by atoms with van der Waals surface area (Å²) >= 11 is 0.991. The maximum absolute atomic E-state index is 12.7. The lowest BCUT2D eigenvalue weighted by Crippen LogP contribution is -2.52. The molecule has 0 radical (unpaired) electrons. The Labute approximate surface area is 165 Å². The smallest absolute Gasteiger partial charge is 0.434 e. The molecule has 0 atom stereocenters. The van der Waals surface area contributed by atoms with Gasteiger partial charge in [-0.05, 0) is 24.3 Å². The first kappa shape index (κ1) is 20.2. The summed E-state index contributed by atoms with van der Waals surface area (Å²) in [5.74, 6) is 1.49.